The normalized spacial score (nSPS) is 23.6. The van der Waals surface area contributed by atoms with Crippen LogP contribution in [0.15, 0.2) is 18.2 Å². The number of Topliss-reactive ketones (excluding diaryl/α,β-unsaturated/α-hetero) is 1. The van der Waals surface area contributed by atoms with Crippen LogP contribution in [0.1, 0.15) is 30.6 Å². The van der Waals surface area contributed by atoms with E-state index < -0.39 is 5.82 Å². The molecule has 1 aliphatic rings. The van der Waals surface area contributed by atoms with Crippen LogP contribution in [0.4, 0.5) is 4.39 Å². The third-order valence-corrected chi connectivity index (χ3v) is 3.79. The molecular formula is C16H22FNO2. The molecule has 0 amide bonds. The maximum Gasteiger partial charge on any atom is 0.176 e. The fraction of sp³-hybridized carbons (Fsp3) is 0.562. The van der Waals surface area contributed by atoms with Gasteiger partial charge in [0.15, 0.2) is 17.3 Å². The molecule has 110 valence electrons. The van der Waals surface area contributed by atoms with Crippen molar-refractivity contribution < 1.29 is 13.9 Å². The molecule has 1 fully saturated rings. The number of halogens is 1. The number of nitrogens with zero attached hydrogens (tertiary/aromatic N) is 1. The monoisotopic (exact) mass is 279 g/mol. The number of rotatable bonds is 4. The van der Waals surface area contributed by atoms with E-state index in [-0.39, 0.29) is 11.5 Å². The average molecular weight is 279 g/mol. The average Bonchev–Trinajstić information content (AvgIpc) is 2.37. The second-order valence-corrected chi connectivity index (χ2v) is 5.91. The molecule has 1 saturated heterocycles. The Hall–Kier alpha value is -1.42. The Morgan fingerprint density at radius 2 is 2.00 bits per heavy atom. The first-order valence-electron chi connectivity index (χ1n) is 7.08. The quantitative estimate of drug-likeness (QED) is 0.794. The van der Waals surface area contributed by atoms with Gasteiger partial charge in [0, 0.05) is 18.7 Å². The number of benzene rings is 1. The number of ether oxygens (including phenoxy) is 1. The fourth-order valence-corrected chi connectivity index (χ4v) is 3.06. The number of carbonyl (C=O) groups excluding carboxylic acids is 1. The molecule has 0 bridgehead atoms. The zero-order chi connectivity index (χ0) is 14.7. The van der Waals surface area contributed by atoms with Gasteiger partial charge in [-0.05, 0) is 36.5 Å². The van der Waals surface area contributed by atoms with Crippen LogP contribution in [0.3, 0.4) is 0 Å². The van der Waals surface area contributed by atoms with Gasteiger partial charge in [0.25, 0.3) is 0 Å². The third-order valence-electron chi connectivity index (χ3n) is 3.79. The minimum absolute atomic E-state index is 0.0344. The molecule has 0 saturated carbocycles. The molecule has 2 unspecified atom stereocenters. The Balaban J connectivity index is 2.02. The number of hydrogen-bond donors (Lipinski definition) is 0. The number of carbonyl (C=O) groups is 1. The molecule has 0 N–H and O–H groups in total. The van der Waals surface area contributed by atoms with Gasteiger partial charge in [0.1, 0.15) is 0 Å². The van der Waals surface area contributed by atoms with Crippen LogP contribution in [0.5, 0.6) is 5.75 Å². The van der Waals surface area contributed by atoms with Crippen LogP contribution >= 0.6 is 0 Å². The second-order valence-electron chi connectivity index (χ2n) is 5.91. The maximum atomic E-state index is 13.6. The summed E-state index contributed by atoms with van der Waals surface area (Å²) >= 11 is 0. The first-order chi connectivity index (χ1) is 9.49. The molecule has 0 aromatic heterocycles. The molecule has 2 rings (SSSR count). The lowest BCUT2D eigenvalue weighted by atomic mass is 9.91. The summed E-state index contributed by atoms with van der Waals surface area (Å²) in [6, 6.07) is 4.39. The summed E-state index contributed by atoms with van der Waals surface area (Å²) in [4.78, 5) is 14.4. The van der Waals surface area contributed by atoms with Crippen molar-refractivity contribution in [2.24, 2.45) is 11.8 Å². The number of ketones is 1. The number of likely N-dealkylation sites (tertiary alicyclic amines) is 1. The smallest absolute Gasteiger partial charge is 0.176 e. The molecule has 2 atom stereocenters. The van der Waals surface area contributed by atoms with Crippen molar-refractivity contribution in [1.29, 1.82) is 0 Å². The van der Waals surface area contributed by atoms with Crippen molar-refractivity contribution in [3.63, 3.8) is 0 Å². The van der Waals surface area contributed by atoms with Crippen LogP contribution < -0.4 is 4.74 Å². The van der Waals surface area contributed by atoms with E-state index in [1.54, 1.807) is 6.07 Å². The standard InChI is InChI=1S/C16H22FNO2/c1-11-6-12(2)9-18(8-11)10-15(19)13-4-5-16(20-3)14(17)7-13/h4-5,7,11-12H,6,8-10H2,1-3H3. The van der Waals surface area contributed by atoms with Gasteiger partial charge in [-0.2, -0.15) is 0 Å². The second kappa shape index (κ2) is 6.35. The Labute approximate surface area is 119 Å². The summed E-state index contributed by atoms with van der Waals surface area (Å²) < 4.78 is 18.5. The number of piperidine rings is 1. The van der Waals surface area contributed by atoms with E-state index in [1.807, 2.05) is 0 Å². The van der Waals surface area contributed by atoms with Crippen molar-refractivity contribution in [2.75, 3.05) is 26.7 Å². The summed E-state index contributed by atoms with van der Waals surface area (Å²) in [6.45, 7) is 6.66. The summed E-state index contributed by atoms with van der Waals surface area (Å²) in [5.41, 5.74) is 0.411. The summed E-state index contributed by atoms with van der Waals surface area (Å²) in [5, 5.41) is 0. The van der Waals surface area contributed by atoms with Crippen LogP contribution in [0.2, 0.25) is 0 Å². The Bertz CT molecular complexity index is 479. The molecule has 1 aromatic carbocycles. The highest BCUT2D eigenvalue weighted by atomic mass is 19.1. The minimum atomic E-state index is -0.487. The maximum absolute atomic E-state index is 13.6. The van der Waals surface area contributed by atoms with E-state index in [4.69, 9.17) is 4.74 Å². The molecular weight excluding hydrogens is 257 g/mol. The third kappa shape index (κ3) is 3.57. The highest BCUT2D eigenvalue weighted by molar-refractivity contribution is 5.97. The Kier molecular flexibility index (Phi) is 4.76. The predicted molar refractivity (Wildman–Crippen MR) is 76.7 cm³/mol. The van der Waals surface area contributed by atoms with Gasteiger partial charge in [-0.3, -0.25) is 9.69 Å². The Morgan fingerprint density at radius 3 is 2.55 bits per heavy atom. The Morgan fingerprint density at radius 1 is 1.35 bits per heavy atom. The van der Waals surface area contributed by atoms with E-state index in [1.165, 1.54) is 25.7 Å². The molecule has 0 spiro atoms. The van der Waals surface area contributed by atoms with Gasteiger partial charge in [-0.1, -0.05) is 13.8 Å². The summed E-state index contributed by atoms with van der Waals surface area (Å²) in [6.07, 6.45) is 1.21. The molecule has 20 heavy (non-hydrogen) atoms. The van der Waals surface area contributed by atoms with Crippen molar-refractivity contribution in [1.82, 2.24) is 4.90 Å². The lowest BCUT2D eigenvalue weighted by molar-refractivity contribution is 0.0849. The summed E-state index contributed by atoms with van der Waals surface area (Å²) in [7, 11) is 1.41. The minimum Gasteiger partial charge on any atom is -0.494 e. The van der Waals surface area contributed by atoms with Gasteiger partial charge in [-0.25, -0.2) is 4.39 Å². The van der Waals surface area contributed by atoms with Gasteiger partial charge >= 0.3 is 0 Å². The molecule has 1 aliphatic heterocycles. The SMILES string of the molecule is COc1ccc(C(=O)CN2CC(C)CC(C)C2)cc1F. The van der Waals surface area contributed by atoms with Crippen LogP contribution in [0, 0.1) is 17.7 Å². The van der Waals surface area contributed by atoms with Crippen molar-refractivity contribution >= 4 is 5.78 Å². The molecule has 0 aliphatic carbocycles. The van der Waals surface area contributed by atoms with Crippen LogP contribution in [-0.4, -0.2) is 37.4 Å². The fourth-order valence-electron chi connectivity index (χ4n) is 3.06. The van der Waals surface area contributed by atoms with Gasteiger partial charge in [0.05, 0.1) is 13.7 Å². The van der Waals surface area contributed by atoms with Crippen LogP contribution in [0.25, 0.3) is 0 Å². The van der Waals surface area contributed by atoms with E-state index in [0.29, 0.717) is 23.9 Å². The predicted octanol–water partition coefficient (Wildman–Crippen LogP) is 2.99. The zero-order valence-corrected chi connectivity index (χ0v) is 12.4. The zero-order valence-electron chi connectivity index (χ0n) is 12.4. The molecule has 3 nitrogen and oxygen atoms in total. The van der Waals surface area contributed by atoms with E-state index in [2.05, 4.69) is 18.7 Å². The van der Waals surface area contributed by atoms with E-state index in [9.17, 15) is 9.18 Å². The van der Waals surface area contributed by atoms with E-state index in [0.717, 1.165) is 13.1 Å². The van der Waals surface area contributed by atoms with E-state index >= 15 is 0 Å². The molecule has 1 heterocycles. The van der Waals surface area contributed by atoms with Crippen molar-refractivity contribution in [2.45, 2.75) is 20.3 Å². The van der Waals surface area contributed by atoms with Crippen LogP contribution in [-0.2, 0) is 0 Å². The molecule has 4 heteroatoms. The number of hydrogen-bond acceptors (Lipinski definition) is 3. The highest BCUT2D eigenvalue weighted by Gasteiger charge is 2.23. The summed E-state index contributed by atoms with van der Waals surface area (Å²) in [5.74, 6) is 0.867. The lowest BCUT2D eigenvalue weighted by Gasteiger charge is -2.34. The van der Waals surface area contributed by atoms with Gasteiger partial charge < -0.3 is 4.74 Å². The van der Waals surface area contributed by atoms with Crippen molar-refractivity contribution in [3.05, 3.63) is 29.6 Å². The highest BCUT2D eigenvalue weighted by Crippen LogP contribution is 2.22. The van der Waals surface area contributed by atoms with Crippen molar-refractivity contribution in [3.8, 4) is 5.75 Å². The van der Waals surface area contributed by atoms with Gasteiger partial charge in [-0.15, -0.1) is 0 Å². The number of methoxy groups -OCH3 is 1. The first kappa shape index (κ1) is 15.0. The lowest BCUT2D eigenvalue weighted by Crippen LogP contribution is -2.41. The largest absolute Gasteiger partial charge is 0.494 e. The first-order valence-corrected chi connectivity index (χ1v) is 7.08. The van der Waals surface area contributed by atoms with Gasteiger partial charge in [0.2, 0.25) is 0 Å². The molecule has 1 aromatic rings. The topological polar surface area (TPSA) is 29.5 Å². The molecule has 0 radical (unpaired) electrons.